The molecule has 2 heterocycles. The molecule has 0 aromatic carbocycles. The number of aromatic hydroxyl groups is 1. The molecular formula is C13H16N4O2. The smallest absolute Gasteiger partial charge is 0.224 e. The van der Waals surface area contributed by atoms with E-state index in [4.69, 9.17) is 5.26 Å². The minimum absolute atomic E-state index is 0.0706. The Morgan fingerprint density at radius 2 is 2.53 bits per heavy atom. The van der Waals surface area contributed by atoms with Crippen molar-refractivity contribution >= 4 is 5.91 Å². The van der Waals surface area contributed by atoms with Gasteiger partial charge < -0.3 is 10.4 Å². The number of nitrogens with zero attached hydrogens (tertiary/aromatic N) is 3. The van der Waals surface area contributed by atoms with Crippen LogP contribution in [0.15, 0.2) is 18.3 Å². The molecule has 6 nitrogen and oxygen atoms in total. The lowest BCUT2D eigenvalue weighted by atomic mass is 10.1. The second kappa shape index (κ2) is 5.67. The predicted molar refractivity (Wildman–Crippen MR) is 67.9 cm³/mol. The van der Waals surface area contributed by atoms with Gasteiger partial charge in [-0.1, -0.05) is 0 Å². The summed E-state index contributed by atoms with van der Waals surface area (Å²) in [6.07, 6.45) is 2.11. The third kappa shape index (κ3) is 3.01. The van der Waals surface area contributed by atoms with E-state index < -0.39 is 0 Å². The molecule has 0 spiro atoms. The summed E-state index contributed by atoms with van der Waals surface area (Å²) in [4.78, 5) is 17.9. The van der Waals surface area contributed by atoms with E-state index >= 15 is 0 Å². The van der Waals surface area contributed by atoms with Crippen LogP contribution in [0.1, 0.15) is 12.1 Å². The molecule has 1 aliphatic rings. The maximum absolute atomic E-state index is 12.0. The van der Waals surface area contributed by atoms with Crippen molar-refractivity contribution in [2.45, 2.75) is 19.0 Å². The van der Waals surface area contributed by atoms with Crippen LogP contribution in [-0.4, -0.2) is 40.5 Å². The summed E-state index contributed by atoms with van der Waals surface area (Å²) in [7, 11) is 1.84. The average molecular weight is 260 g/mol. The first-order valence-electron chi connectivity index (χ1n) is 6.12. The number of nitriles is 1. The van der Waals surface area contributed by atoms with Gasteiger partial charge in [-0.2, -0.15) is 5.26 Å². The van der Waals surface area contributed by atoms with Crippen molar-refractivity contribution in [1.29, 1.82) is 5.26 Å². The van der Waals surface area contributed by atoms with Crippen LogP contribution in [0.3, 0.4) is 0 Å². The van der Waals surface area contributed by atoms with Crippen molar-refractivity contribution < 1.29 is 9.90 Å². The molecule has 2 atom stereocenters. The minimum atomic E-state index is -0.195. The fraction of sp³-hybridized carbons (Fsp3) is 0.462. The second-order valence-electron chi connectivity index (χ2n) is 4.70. The van der Waals surface area contributed by atoms with Gasteiger partial charge in [0, 0.05) is 12.7 Å². The third-order valence-corrected chi connectivity index (χ3v) is 3.36. The molecule has 0 aliphatic carbocycles. The van der Waals surface area contributed by atoms with Gasteiger partial charge in [-0.3, -0.25) is 14.7 Å². The van der Waals surface area contributed by atoms with Crippen LogP contribution in [0.5, 0.6) is 5.75 Å². The van der Waals surface area contributed by atoms with E-state index in [1.165, 1.54) is 6.07 Å². The topological polar surface area (TPSA) is 89.2 Å². The first-order valence-corrected chi connectivity index (χ1v) is 6.12. The van der Waals surface area contributed by atoms with E-state index in [0.717, 1.165) is 0 Å². The van der Waals surface area contributed by atoms with Crippen LogP contribution in [0.4, 0.5) is 0 Å². The Balaban J connectivity index is 1.90. The fourth-order valence-corrected chi connectivity index (χ4v) is 2.22. The quantitative estimate of drug-likeness (QED) is 0.813. The minimum Gasteiger partial charge on any atom is -0.506 e. The normalized spacial score (nSPS) is 22.9. The predicted octanol–water partition coefficient (Wildman–Crippen LogP) is 0.247. The van der Waals surface area contributed by atoms with Gasteiger partial charge in [-0.25, -0.2) is 0 Å². The molecule has 2 unspecified atom stereocenters. The van der Waals surface area contributed by atoms with Crippen molar-refractivity contribution in [3.8, 4) is 11.8 Å². The highest BCUT2D eigenvalue weighted by Crippen LogP contribution is 2.21. The van der Waals surface area contributed by atoms with Gasteiger partial charge in [0.1, 0.15) is 11.4 Å². The highest BCUT2D eigenvalue weighted by Gasteiger charge is 2.33. The van der Waals surface area contributed by atoms with E-state index in [1.807, 2.05) is 11.9 Å². The largest absolute Gasteiger partial charge is 0.506 e. The molecule has 1 aliphatic heterocycles. The highest BCUT2D eigenvalue weighted by molar-refractivity contribution is 5.79. The van der Waals surface area contributed by atoms with Gasteiger partial charge >= 0.3 is 0 Å². The molecule has 0 radical (unpaired) electrons. The molecule has 2 rings (SSSR count). The van der Waals surface area contributed by atoms with Gasteiger partial charge in [0.05, 0.1) is 24.6 Å². The number of carbonyl (C=O) groups excluding carboxylic acids is 1. The number of hydrogen-bond acceptors (Lipinski definition) is 5. The Labute approximate surface area is 111 Å². The molecule has 1 fully saturated rings. The van der Waals surface area contributed by atoms with Gasteiger partial charge in [0.2, 0.25) is 5.91 Å². The van der Waals surface area contributed by atoms with Crippen LogP contribution < -0.4 is 5.32 Å². The Morgan fingerprint density at radius 1 is 1.74 bits per heavy atom. The maximum atomic E-state index is 12.0. The molecule has 100 valence electrons. The zero-order valence-electron chi connectivity index (χ0n) is 10.7. The number of aromatic nitrogens is 1. The van der Waals surface area contributed by atoms with E-state index in [9.17, 15) is 9.90 Å². The number of amides is 1. The van der Waals surface area contributed by atoms with Crippen molar-refractivity contribution in [3.63, 3.8) is 0 Å². The Kier molecular flexibility index (Phi) is 3.97. The number of nitrogens with one attached hydrogen (secondary N) is 1. The third-order valence-electron chi connectivity index (χ3n) is 3.36. The lowest BCUT2D eigenvalue weighted by molar-refractivity contribution is -0.124. The van der Waals surface area contributed by atoms with Crippen LogP contribution in [0.25, 0.3) is 0 Å². The fourth-order valence-electron chi connectivity index (χ4n) is 2.22. The Bertz CT molecular complexity index is 512. The summed E-state index contributed by atoms with van der Waals surface area (Å²) in [5.41, 5.74) is 0.444. The summed E-state index contributed by atoms with van der Waals surface area (Å²) in [6.45, 7) is 0.779. The number of likely N-dealkylation sites (tertiary alicyclic amines) is 1. The van der Waals surface area contributed by atoms with Crippen LogP contribution in [0, 0.1) is 17.2 Å². The molecule has 19 heavy (non-hydrogen) atoms. The molecule has 1 amide bonds. The molecule has 0 bridgehead atoms. The monoisotopic (exact) mass is 260 g/mol. The zero-order valence-corrected chi connectivity index (χ0v) is 10.7. The van der Waals surface area contributed by atoms with Crippen molar-refractivity contribution in [2.75, 3.05) is 13.6 Å². The van der Waals surface area contributed by atoms with Crippen LogP contribution >= 0.6 is 0 Å². The molecular weight excluding hydrogens is 244 g/mol. The summed E-state index contributed by atoms with van der Waals surface area (Å²) in [5, 5.41) is 21.2. The highest BCUT2D eigenvalue weighted by atomic mass is 16.3. The van der Waals surface area contributed by atoms with E-state index in [2.05, 4.69) is 16.4 Å². The molecule has 1 saturated heterocycles. The van der Waals surface area contributed by atoms with Gasteiger partial charge in [0.15, 0.2) is 0 Å². The summed E-state index contributed by atoms with van der Waals surface area (Å²) < 4.78 is 0. The maximum Gasteiger partial charge on any atom is 0.224 e. The standard InChI is InChI=1S/C13H16N4O2/c1-17-8-9(5-10(17)6-14)13(19)16-7-11-12(18)3-2-4-15-11/h2-4,9-10,18H,5,7-8H2,1H3,(H,16,19). The Morgan fingerprint density at radius 3 is 3.16 bits per heavy atom. The molecule has 2 N–H and O–H groups in total. The van der Waals surface area contributed by atoms with E-state index in [-0.39, 0.29) is 30.2 Å². The molecule has 1 aromatic rings. The van der Waals surface area contributed by atoms with Gasteiger partial charge in [-0.15, -0.1) is 0 Å². The average Bonchev–Trinajstić information content (AvgIpc) is 2.79. The molecule has 0 saturated carbocycles. The number of rotatable bonds is 3. The Hall–Kier alpha value is -2.13. The lowest BCUT2D eigenvalue weighted by Crippen LogP contribution is -2.32. The molecule has 1 aromatic heterocycles. The first kappa shape index (κ1) is 13.3. The summed E-state index contributed by atoms with van der Waals surface area (Å²) in [5.74, 6) is -0.212. The van der Waals surface area contributed by atoms with Crippen molar-refractivity contribution in [3.05, 3.63) is 24.0 Å². The van der Waals surface area contributed by atoms with Gasteiger partial charge in [0.25, 0.3) is 0 Å². The van der Waals surface area contributed by atoms with E-state index in [1.54, 1.807) is 12.3 Å². The number of pyridine rings is 1. The summed E-state index contributed by atoms with van der Waals surface area (Å²) in [6, 6.07) is 5.14. The van der Waals surface area contributed by atoms with Gasteiger partial charge in [-0.05, 0) is 25.6 Å². The number of hydrogen-bond donors (Lipinski definition) is 2. The van der Waals surface area contributed by atoms with Crippen LogP contribution in [-0.2, 0) is 11.3 Å². The second-order valence-corrected chi connectivity index (χ2v) is 4.70. The van der Waals surface area contributed by atoms with Crippen LogP contribution in [0.2, 0.25) is 0 Å². The first-order chi connectivity index (χ1) is 9.11. The van der Waals surface area contributed by atoms with E-state index in [0.29, 0.717) is 18.7 Å². The number of carbonyl (C=O) groups is 1. The lowest BCUT2D eigenvalue weighted by Gasteiger charge is -2.11. The van der Waals surface area contributed by atoms with Crippen molar-refractivity contribution in [2.24, 2.45) is 5.92 Å². The van der Waals surface area contributed by atoms with Crippen molar-refractivity contribution in [1.82, 2.24) is 15.2 Å². The zero-order chi connectivity index (χ0) is 13.8. The summed E-state index contributed by atoms with van der Waals surface area (Å²) >= 11 is 0. The SMILES string of the molecule is CN1CC(C(=O)NCc2ncccc2O)CC1C#N. The molecule has 6 heteroatoms.